The Bertz CT molecular complexity index is 1940. The number of carbonyl (C=O) groups excluding carboxylic acids is 2. The van der Waals surface area contributed by atoms with Crippen LogP contribution in [-0.4, -0.2) is 70.1 Å². The molecule has 2 heterocycles. The van der Waals surface area contributed by atoms with E-state index in [1.165, 1.54) is 33.4 Å². The lowest BCUT2D eigenvalue weighted by atomic mass is 9.94. The number of nitrogens with zero attached hydrogens (tertiary/aromatic N) is 4. The van der Waals surface area contributed by atoms with Crippen LogP contribution in [0.5, 0.6) is 0 Å². The number of rotatable bonds is 16. The molecule has 0 saturated carbocycles. The van der Waals surface area contributed by atoms with Gasteiger partial charge in [0, 0.05) is 52.4 Å². The summed E-state index contributed by atoms with van der Waals surface area (Å²) in [4.78, 5) is 40.0. The van der Waals surface area contributed by atoms with Gasteiger partial charge in [-0.05, 0) is 46.2 Å². The molecule has 308 valence electrons. The van der Waals surface area contributed by atoms with Crippen LogP contribution < -0.4 is 0 Å². The fourth-order valence-corrected chi connectivity index (χ4v) is 8.47. The maximum absolute atomic E-state index is 12.1. The van der Waals surface area contributed by atoms with Crippen molar-refractivity contribution in [1.29, 1.82) is 0 Å². The van der Waals surface area contributed by atoms with Gasteiger partial charge in [0.25, 0.3) is 0 Å². The first-order valence-corrected chi connectivity index (χ1v) is 21.0. The smallest absolute Gasteiger partial charge is 0.326 e. The molecule has 0 bridgehead atoms. The summed E-state index contributed by atoms with van der Waals surface area (Å²) in [6.07, 6.45) is 2.53. The summed E-state index contributed by atoms with van der Waals surface area (Å²) in [5.41, 5.74) is 7.58. The highest BCUT2D eigenvalue weighted by Gasteiger charge is 2.40. The van der Waals surface area contributed by atoms with Gasteiger partial charge in [-0.25, -0.2) is 0 Å². The number of hydroxylamine groups is 4. The van der Waals surface area contributed by atoms with E-state index in [2.05, 4.69) is 155 Å². The largest absolute Gasteiger partial charge is 0.368 e. The van der Waals surface area contributed by atoms with E-state index in [0.717, 1.165) is 39.0 Å². The van der Waals surface area contributed by atoms with Crippen LogP contribution in [0.3, 0.4) is 0 Å². The minimum Gasteiger partial charge on any atom is -0.368 e. The summed E-state index contributed by atoms with van der Waals surface area (Å²) in [7, 11) is 3.74. The summed E-state index contributed by atoms with van der Waals surface area (Å²) in [6, 6.07) is 63.4. The molecule has 60 heavy (non-hydrogen) atoms. The molecule has 0 radical (unpaired) electrons. The summed E-state index contributed by atoms with van der Waals surface area (Å²) < 4.78 is 0. The van der Waals surface area contributed by atoms with Gasteiger partial charge in [0.1, 0.15) is 0 Å². The Hall–Kier alpha value is -5.90. The molecule has 0 unspecified atom stereocenters. The molecule has 2 saturated heterocycles. The van der Waals surface area contributed by atoms with Crippen LogP contribution >= 0.6 is 0 Å². The van der Waals surface area contributed by atoms with Crippen molar-refractivity contribution in [1.82, 2.24) is 19.9 Å². The molecule has 0 N–H and O–H groups in total. The van der Waals surface area contributed by atoms with Crippen LogP contribution in [0, 0.1) is 0 Å². The molecule has 2 fully saturated rings. The lowest BCUT2D eigenvalue weighted by molar-refractivity contribution is -0.172. The Morgan fingerprint density at radius 1 is 0.417 bits per heavy atom. The van der Waals surface area contributed by atoms with E-state index in [-0.39, 0.29) is 36.1 Å². The van der Waals surface area contributed by atoms with Crippen molar-refractivity contribution in [2.75, 3.05) is 14.1 Å². The Morgan fingerprint density at radius 3 is 0.867 bits per heavy atom. The second-order valence-corrected chi connectivity index (χ2v) is 15.8. The lowest BCUT2D eigenvalue weighted by Crippen LogP contribution is -2.48. The number of benzene rings is 6. The number of carbonyl (C=O) groups is 2. The zero-order valence-electron chi connectivity index (χ0n) is 34.7. The van der Waals surface area contributed by atoms with E-state index in [1.807, 2.05) is 50.5 Å². The van der Waals surface area contributed by atoms with Gasteiger partial charge in [-0.1, -0.05) is 182 Å². The molecular formula is C52H56N4O4. The maximum Gasteiger partial charge on any atom is 0.326 e. The quantitative estimate of drug-likeness (QED) is 0.0963. The second-order valence-electron chi connectivity index (χ2n) is 15.8. The average molecular weight is 801 g/mol. The topological polar surface area (TPSA) is 65.6 Å². The lowest BCUT2D eigenvalue weighted by Gasteiger charge is -2.37. The maximum atomic E-state index is 12.1. The summed E-state index contributed by atoms with van der Waals surface area (Å²) in [5.74, 6) is -0.306. The van der Waals surface area contributed by atoms with Crippen molar-refractivity contribution in [2.45, 2.75) is 76.0 Å². The highest BCUT2D eigenvalue weighted by atomic mass is 16.7. The number of hydrogen-bond acceptors (Lipinski definition) is 8. The molecule has 0 amide bonds. The van der Waals surface area contributed by atoms with Crippen LogP contribution in [0.4, 0.5) is 0 Å². The van der Waals surface area contributed by atoms with Gasteiger partial charge in [-0.3, -0.25) is 19.4 Å². The van der Waals surface area contributed by atoms with Gasteiger partial charge in [0.05, 0.1) is 24.9 Å². The summed E-state index contributed by atoms with van der Waals surface area (Å²) in [5, 5.41) is 3.50. The van der Waals surface area contributed by atoms with Crippen molar-refractivity contribution in [3.8, 4) is 0 Å². The zero-order valence-corrected chi connectivity index (χ0v) is 34.7. The third-order valence-corrected chi connectivity index (χ3v) is 11.5. The van der Waals surface area contributed by atoms with E-state index >= 15 is 0 Å². The van der Waals surface area contributed by atoms with Gasteiger partial charge in [0.2, 0.25) is 0 Å². The zero-order chi connectivity index (χ0) is 41.5. The molecule has 0 aliphatic carbocycles. The molecular weight excluding hydrogens is 745 g/mol. The first-order chi connectivity index (χ1) is 29.4. The molecule has 8 heteroatoms. The van der Waals surface area contributed by atoms with Gasteiger partial charge in [-0.2, -0.15) is 0 Å². The van der Waals surface area contributed by atoms with E-state index in [1.54, 1.807) is 10.1 Å². The van der Waals surface area contributed by atoms with Crippen molar-refractivity contribution in [2.24, 2.45) is 0 Å². The predicted octanol–water partition coefficient (Wildman–Crippen LogP) is 8.92. The molecule has 6 aromatic rings. The predicted molar refractivity (Wildman–Crippen MR) is 237 cm³/mol. The van der Waals surface area contributed by atoms with E-state index in [4.69, 9.17) is 9.68 Å². The van der Waals surface area contributed by atoms with Crippen molar-refractivity contribution in [3.05, 3.63) is 215 Å². The van der Waals surface area contributed by atoms with Gasteiger partial charge < -0.3 is 9.68 Å². The molecule has 2 aliphatic rings. The fourth-order valence-electron chi connectivity index (χ4n) is 8.47. The third kappa shape index (κ3) is 12.1. The van der Waals surface area contributed by atoms with Crippen molar-refractivity contribution in [3.63, 3.8) is 0 Å². The molecule has 0 aromatic heterocycles. The van der Waals surface area contributed by atoms with E-state index in [9.17, 15) is 9.59 Å². The Labute approximate surface area is 355 Å². The normalized spacial score (nSPS) is 17.8. The number of likely N-dealkylation sites (N-methyl/N-ethyl adjacent to an activating group) is 2. The Morgan fingerprint density at radius 2 is 0.650 bits per heavy atom. The average Bonchev–Trinajstić information content (AvgIpc) is 3.81. The molecule has 2 aliphatic heterocycles. The van der Waals surface area contributed by atoms with Crippen molar-refractivity contribution >= 4 is 11.9 Å². The Balaban J connectivity index is 0.000000181. The highest BCUT2D eigenvalue weighted by molar-refractivity contribution is 5.72. The van der Waals surface area contributed by atoms with Crippen LogP contribution in [0.25, 0.3) is 0 Å². The second kappa shape index (κ2) is 21.4. The summed E-state index contributed by atoms with van der Waals surface area (Å²) in [6.45, 7) is 3.25. The highest BCUT2D eigenvalue weighted by Crippen LogP contribution is 2.29. The van der Waals surface area contributed by atoms with Crippen LogP contribution in [0.2, 0.25) is 0 Å². The number of hydrogen-bond donors (Lipinski definition) is 0. The minimum absolute atomic E-state index is 0.00475. The standard InChI is InChI=1S/2C26H28N2O2/c2*1-27-24(18-26(29)30-27)25(17-21-11-5-2-6-12-21)28(19-22-13-7-3-8-14-22)20-23-15-9-4-10-16-23/h2*2-16,24-25H,17-20H2,1H3/t2*24-,25-/m00/s1. The van der Waals surface area contributed by atoms with Crippen LogP contribution in [0.1, 0.15) is 46.2 Å². The molecule has 4 atom stereocenters. The van der Waals surface area contributed by atoms with E-state index in [0.29, 0.717) is 12.8 Å². The van der Waals surface area contributed by atoms with Gasteiger partial charge in [0.15, 0.2) is 0 Å². The molecule has 6 aromatic carbocycles. The van der Waals surface area contributed by atoms with Crippen LogP contribution in [-0.2, 0) is 58.3 Å². The fraction of sp³-hybridized carbons (Fsp3) is 0.269. The Kier molecular flexibility index (Phi) is 15.1. The van der Waals surface area contributed by atoms with Gasteiger partial charge in [-0.15, -0.1) is 10.1 Å². The van der Waals surface area contributed by atoms with E-state index < -0.39 is 0 Å². The molecule has 0 spiro atoms. The summed E-state index contributed by atoms with van der Waals surface area (Å²) >= 11 is 0. The monoisotopic (exact) mass is 800 g/mol. The third-order valence-electron chi connectivity index (χ3n) is 11.5. The minimum atomic E-state index is -0.153. The van der Waals surface area contributed by atoms with Crippen LogP contribution in [0.15, 0.2) is 182 Å². The van der Waals surface area contributed by atoms with Crippen molar-refractivity contribution < 1.29 is 19.3 Å². The SMILES string of the molecule is CN1OC(=O)C[C@H]1[C@H](Cc1ccccc1)N(Cc1ccccc1)Cc1ccccc1.CN1OC(=O)C[C@H]1[C@H](Cc1ccccc1)N(Cc1ccccc1)Cc1ccccc1. The molecule has 8 rings (SSSR count). The molecule has 8 nitrogen and oxygen atoms in total. The first-order valence-electron chi connectivity index (χ1n) is 21.0. The van der Waals surface area contributed by atoms with Gasteiger partial charge >= 0.3 is 11.9 Å². The first kappa shape index (κ1) is 42.2.